The predicted molar refractivity (Wildman–Crippen MR) is 77.9 cm³/mol. The van der Waals surface area contributed by atoms with E-state index in [9.17, 15) is 0 Å². The predicted octanol–water partition coefficient (Wildman–Crippen LogP) is 2.88. The van der Waals surface area contributed by atoms with Crippen LogP contribution >= 0.6 is 0 Å². The van der Waals surface area contributed by atoms with Crippen molar-refractivity contribution in [2.45, 2.75) is 53.1 Å². The average Bonchev–Trinajstić information content (AvgIpc) is 2.94. The molecular formula is C14H23N5. The molecular weight excluding hydrogens is 238 g/mol. The molecule has 0 spiro atoms. The Morgan fingerprint density at radius 3 is 2.58 bits per heavy atom. The molecule has 0 aliphatic rings. The van der Waals surface area contributed by atoms with Crippen LogP contribution in [-0.2, 0) is 13.1 Å². The number of nitrogen functional groups attached to an aromatic ring is 1. The summed E-state index contributed by atoms with van der Waals surface area (Å²) in [5, 5.41) is 0. The maximum atomic E-state index is 6.27. The minimum Gasteiger partial charge on any atom is -0.383 e. The Kier molecular flexibility index (Phi) is 3.93. The van der Waals surface area contributed by atoms with Gasteiger partial charge in [0.25, 0.3) is 0 Å². The van der Waals surface area contributed by atoms with E-state index in [4.69, 9.17) is 10.7 Å². The van der Waals surface area contributed by atoms with Gasteiger partial charge in [0.05, 0.1) is 18.2 Å². The molecule has 2 aromatic rings. The highest BCUT2D eigenvalue weighted by molar-refractivity contribution is 5.68. The summed E-state index contributed by atoms with van der Waals surface area (Å²) in [7, 11) is 0. The number of aromatic nitrogens is 4. The van der Waals surface area contributed by atoms with Gasteiger partial charge in [0.2, 0.25) is 0 Å². The van der Waals surface area contributed by atoms with E-state index in [-0.39, 0.29) is 0 Å². The Balaban J connectivity index is 2.53. The Bertz CT molecular complexity index is 550. The zero-order valence-electron chi connectivity index (χ0n) is 12.2. The number of nitrogens with two attached hydrogens (primary N) is 1. The molecule has 19 heavy (non-hydrogen) atoms. The first-order valence-corrected chi connectivity index (χ1v) is 6.96. The van der Waals surface area contributed by atoms with E-state index in [1.165, 1.54) is 0 Å². The number of aryl methyl sites for hydroxylation is 1. The van der Waals surface area contributed by atoms with Gasteiger partial charge in [0.15, 0.2) is 0 Å². The monoisotopic (exact) mass is 261 g/mol. The fraction of sp³-hybridized carbons (Fsp3) is 0.571. The highest BCUT2D eigenvalue weighted by atomic mass is 15.2. The molecule has 0 radical (unpaired) electrons. The van der Waals surface area contributed by atoms with Crippen LogP contribution in [0.2, 0.25) is 0 Å². The van der Waals surface area contributed by atoms with Crippen molar-refractivity contribution in [2.75, 3.05) is 5.73 Å². The standard InChI is InChI=1S/C14H23N5/c1-5-7-18-9-16-8-11(18)12-13(15)19(6-2)14(17-12)10(3)4/h8-10H,5-7,15H2,1-4H3. The lowest BCUT2D eigenvalue weighted by Crippen LogP contribution is -2.06. The van der Waals surface area contributed by atoms with Crippen molar-refractivity contribution < 1.29 is 0 Å². The van der Waals surface area contributed by atoms with Crippen molar-refractivity contribution in [1.29, 1.82) is 0 Å². The zero-order chi connectivity index (χ0) is 14.0. The molecule has 0 bridgehead atoms. The smallest absolute Gasteiger partial charge is 0.133 e. The number of anilines is 1. The van der Waals surface area contributed by atoms with Crippen LogP contribution in [0, 0.1) is 0 Å². The number of nitrogens with zero attached hydrogens (tertiary/aromatic N) is 4. The molecule has 0 amide bonds. The Morgan fingerprint density at radius 1 is 1.32 bits per heavy atom. The molecule has 2 aromatic heterocycles. The van der Waals surface area contributed by atoms with Gasteiger partial charge in [-0.05, 0) is 13.3 Å². The lowest BCUT2D eigenvalue weighted by atomic mass is 10.2. The van der Waals surface area contributed by atoms with E-state index < -0.39 is 0 Å². The normalized spacial score (nSPS) is 11.4. The molecule has 0 aliphatic carbocycles. The van der Waals surface area contributed by atoms with E-state index in [1.54, 1.807) is 0 Å². The van der Waals surface area contributed by atoms with Gasteiger partial charge in [-0.2, -0.15) is 0 Å². The quantitative estimate of drug-likeness (QED) is 0.900. The Hall–Kier alpha value is -1.78. The molecule has 0 aliphatic heterocycles. The summed E-state index contributed by atoms with van der Waals surface area (Å²) in [4.78, 5) is 8.97. The minimum atomic E-state index is 0.360. The molecule has 2 rings (SSSR count). The molecule has 5 nitrogen and oxygen atoms in total. The van der Waals surface area contributed by atoms with Crippen LogP contribution in [0.5, 0.6) is 0 Å². The fourth-order valence-electron chi connectivity index (χ4n) is 2.38. The maximum absolute atomic E-state index is 6.27. The number of hydrogen-bond donors (Lipinski definition) is 1. The third-order valence-electron chi connectivity index (χ3n) is 3.29. The maximum Gasteiger partial charge on any atom is 0.133 e. The summed E-state index contributed by atoms with van der Waals surface area (Å²) in [6.07, 6.45) is 4.76. The van der Waals surface area contributed by atoms with Crippen LogP contribution in [0.1, 0.15) is 45.9 Å². The van der Waals surface area contributed by atoms with Gasteiger partial charge in [0, 0.05) is 19.0 Å². The van der Waals surface area contributed by atoms with Gasteiger partial charge < -0.3 is 14.9 Å². The van der Waals surface area contributed by atoms with E-state index in [0.29, 0.717) is 5.92 Å². The molecule has 104 valence electrons. The van der Waals surface area contributed by atoms with Crippen molar-refractivity contribution in [1.82, 2.24) is 19.1 Å². The van der Waals surface area contributed by atoms with Crippen molar-refractivity contribution in [3.8, 4) is 11.4 Å². The Morgan fingerprint density at radius 2 is 2.05 bits per heavy atom. The van der Waals surface area contributed by atoms with E-state index in [2.05, 4.69) is 41.8 Å². The largest absolute Gasteiger partial charge is 0.383 e. The molecule has 0 fully saturated rings. The van der Waals surface area contributed by atoms with Crippen molar-refractivity contribution in [3.05, 3.63) is 18.3 Å². The van der Waals surface area contributed by atoms with Gasteiger partial charge in [-0.1, -0.05) is 20.8 Å². The molecule has 0 aromatic carbocycles. The second kappa shape index (κ2) is 5.47. The average molecular weight is 261 g/mol. The minimum absolute atomic E-state index is 0.360. The van der Waals surface area contributed by atoms with E-state index >= 15 is 0 Å². The second-order valence-corrected chi connectivity index (χ2v) is 5.08. The van der Waals surface area contributed by atoms with Gasteiger partial charge in [-0.3, -0.25) is 0 Å². The molecule has 0 saturated carbocycles. The number of imidazole rings is 2. The first kappa shape index (κ1) is 13.6. The first-order chi connectivity index (χ1) is 9.10. The highest BCUT2D eigenvalue weighted by Gasteiger charge is 2.19. The summed E-state index contributed by atoms with van der Waals surface area (Å²) in [6, 6.07) is 0. The van der Waals surface area contributed by atoms with E-state index in [1.807, 2.05) is 12.5 Å². The summed E-state index contributed by atoms with van der Waals surface area (Å²) >= 11 is 0. The molecule has 0 atom stereocenters. The molecule has 0 unspecified atom stereocenters. The summed E-state index contributed by atoms with van der Waals surface area (Å²) in [6.45, 7) is 10.3. The number of rotatable bonds is 5. The summed E-state index contributed by atoms with van der Waals surface area (Å²) in [5.41, 5.74) is 8.13. The first-order valence-electron chi connectivity index (χ1n) is 6.96. The summed E-state index contributed by atoms with van der Waals surface area (Å²) < 4.78 is 4.20. The van der Waals surface area contributed by atoms with Crippen LogP contribution in [0.15, 0.2) is 12.5 Å². The molecule has 2 N–H and O–H groups in total. The second-order valence-electron chi connectivity index (χ2n) is 5.08. The van der Waals surface area contributed by atoms with Crippen LogP contribution in [-0.4, -0.2) is 19.1 Å². The van der Waals surface area contributed by atoms with Crippen molar-refractivity contribution in [2.24, 2.45) is 0 Å². The van der Waals surface area contributed by atoms with Crippen LogP contribution in [0.4, 0.5) is 5.82 Å². The van der Waals surface area contributed by atoms with Gasteiger partial charge in [-0.15, -0.1) is 0 Å². The topological polar surface area (TPSA) is 61.7 Å². The van der Waals surface area contributed by atoms with Gasteiger partial charge in [-0.25, -0.2) is 9.97 Å². The van der Waals surface area contributed by atoms with Crippen molar-refractivity contribution in [3.63, 3.8) is 0 Å². The highest BCUT2D eigenvalue weighted by Crippen LogP contribution is 2.29. The Labute approximate surface area is 114 Å². The SMILES string of the molecule is CCCn1cncc1-c1nc(C(C)C)n(CC)c1N. The third kappa shape index (κ3) is 2.37. The van der Waals surface area contributed by atoms with Crippen LogP contribution < -0.4 is 5.73 Å². The molecule has 2 heterocycles. The van der Waals surface area contributed by atoms with Gasteiger partial charge >= 0.3 is 0 Å². The van der Waals surface area contributed by atoms with Gasteiger partial charge in [0.1, 0.15) is 17.3 Å². The van der Waals surface area contributed by atoms with Crippen LogP contribution in [0.25, 0.3) is 11.4 Å². The zero-order valence-corrected chi connectivity index (χ0v) is 12.2. The molecule has 0 saturated heterocycles. The lowest BCUT2D eigenvalue weighted by molar-refractivity contribution is 0.658. The lowest BCUT2D eigenvalue weighted by Gasteiger charge is -2.08. The third-order valence-corrected chi connectivity index (χ3v) is 3.29. The van der Waals surface area contributed by atoms with Crippen molar-refractivity contribution >= 4 is 5.82 Å². The number of hydrogen-bond acceptors (Lipinski definition) is 3. The summed E-state index contributed by atoms with van der Waals surface area (Å²) in [5.74, 6) is 2.14. The molecule has 5 heteroatoms. The van der Waals surface area contributed by atoms with E-state index in [0.717, 1.165) is 42.5 Å². The fourth-order valence-corrected chi connectivity index (χ4v) is 2.38. The van der Waals surface area contributed by atoms with Crippen LogP contribution in [0.3, 0.4) is 0 Å².